The first-order valence-corrected chi connectivity index (χ1v) is 8.08. The third-order valence-electron chi connectivity index (χ3n) is 4.23. The van der Waals surface area contributed by atoms with Crippen LogP contribution in [0.3, 0.4) is 0 Å². The van der Waals surface area contributed by atoms with Gasteiger partial charge in [0.25, 0.3) is 0 Å². The van der Waals surface area contributed by atoms with E-state index in [2.05, 4.69) is 26.2 Å². The molecule has 24 heavy (non-hydrogen) atoms. The molecule has 0 saturated heterocycles. The van der Waals surface area contributed by atoms with Gasteiger partial charge in [-0.05, 0) is 35.9 Å². The lowest BCUT2D eigenvalue weighted by atomic mass is 9.99. The number of rotatable bonds is 2. The second kappa shape index (κ2) is 5.42. The van der Waals surface area contributed by atoms with Gasteiger partial charge in [-0.15, -0.1) is 0 Å². The first-order chi connectivity index (χ1) is 11.6. The topological polar surface area (TPSA) is 79.0 Å². The molecule has 6 heteroatoms. The van der Waals surface area contributed by atoms with Gasteiger partial charge in [0.05, 0.1) is 17.8 Å². The number of H-pyrrole nitrogens is 1. The van der Waals surface area contributed by atoms with Crippen LogP contribution < -0.4 is 5.32 Å². The molecule has 0 spiro atoms. The molecule has 0 saturated carbocycles. The van der Waals surface area contributed by atoms with Crippen molar-refractivity contribution in [3.05, 3.63) is 51.5 Å². The molecule has 0 unspecified atom stereocenters. The molecule has 118 valence electrons. The summed E-state index contributed by atoms with van der Waals surface area (Å²) in [6, 6.07) is 9.00. The van der Waals surface area contributed by atoms with Crippen LogP contribution in [0.2, 0.25) is 0 Å². The summed E-state index contributed by atoms with van der Waals surface area (Å²) in [7, 11) is 0. The minimum atomic E-state index is -0.161. The van der Waals surface area contributed by atoms with Crippen molar-refractivity contribution in [2.24, 2.45) is 0 Å². The second-order valence-corrected chi connectivity index (χ2v) is 6.57. The average Bonchev–Trinajstić information content (AvgIpc) is 2.85. The molecule has 0 fully saturated rings. The molecule has 1 aromatic heterocycles. The van der Waals surface area contributed by atoms with Crippen LogP contribution in [0.4, 0.5) is 5.69 Å². The largest absolute Gasteiger partial charge is 0.354 e. The molecule has 0 atom stereocenters. The van der Waals surface area contributed by atoms with Crippen molar-refractivity contribution >= 4 is 51.0 Å². The van der Waals surface area contributed by atoms with Crippen LogP contribution in [0.15, 0.2) is 34.8 Å². The van der Waals surface area contributed by atoms with Gasteiger partial charge in [0.2, 0.25) is 5.91 Å². The van der Waals surface area contributed by atoms with Crippen molar-refractivity contribution in [1.82, 2.24) is 4.98 Å². The SMILES string of the molecule is O=Cc1cc2c(cc1C=O)-c1[nH]c3ccc(Br)cc3c1CC(=O)N2. The highest BCUT2D eigenvalue weighted by atomic mass is 79.9. The number of hydrogen-bond donors (Lipinski definition) is 2. The summed E-state index contributed by atoms with van der Waals surface area (Å²) in [5.74, 6) is -0.161. The van der Waals surface area contributed by atoms with Crippen LogP contribution in [0, 0.1) is 0 Å². The van der Waals surface area contributed by atoms with Gasteiger partial charge >= 0.3 is 0 Å². The zero-order chi connectivity index (χ0) is 16.8. The van der Waals surface area contributed by atoms with Crippen molar-refractivity contribution in [1.29, 1.82) is 0 Å². The fourth-order valence-corrected chi connectivity index (χ4v) is 3.50. The zero-order valence-electron chi connectivity index (χ0n) is 12.4. The van der Waals surface area contributed by atoms with Crippen molar-refractivity contribution in [2.75, 3.05) is 5.32 Å². The monoisotopic (exact) mass is 382 g/mol. The van der Waals surface area contributed by atoms with Crippen LogP contribution in [0.5, 0.6) is 0 Å². The standard InChI is InChI=1S/C18H11BrN2O3/c19-11-1-2-15-12(5-11)13-6-17(24)20-16-4-10(8-23)9(7-22)3-14(16)18(13)21-15/h1-5,7-8,21H,6H2,(H,20,24). The van der Waals surface area contributed by atoms with E-state index in [0.29, 0.717) is 29.4 Å². The number of hydrogen-bond acceptors (Lipinski definition) is 3. The average molecular weight is 383 g/mol. The highest BCUT2D eigenvalue weighted by molar-refractivity contribution is 9.10. The second-order valence-electron chi connectivity index (χ2n) is 5.66. The Kier molecular flexibility index (Phi) is 3.35. The van der Waals surface area contributed by atoms with E-state index in [0.717, 1.165) is 26.6 Å². The number of nitrogens with one attached hydrogen (secondary N) is 2. The number of carbonyl (C=O) groups is 3. The number of fused-ring (bicyclic) bond motifs is 5. The Bertz CT molecular complexity index is 1040. The van der Waals surface area contributed by atoms with E-state index in [-0.39, 0.29) is 17.9 Å². The molecule has 0 aliphatic carbocycles. The molecular formula is C18H11BrN2O3. The molecule has 2 aromatic carbocycles. The highest BCUT2D eigenvalue weighted by Crippen LogP contribution is 2.39. The van der Waals surface area contributed by atoms with Gasteiger partial charge in [-0.25, -0.2) is 0 Å². The number of aromatic nitrogens is 1. The molecule has 3 aromatic rings. The summed E-state index contributed by atoms with van der Waals surface area (Å²) in [5.41, 5.74) is 4.36. The number of carbonyl (C=O) groups excluding carboxylic acids is 3. The summed E-state index contributed by atoms with van der Waals surface area (Å²) >= 11 is 3.45. The van der Waals surface area contributed by atoms with Gasteiger partial charge in [0.15, 0.2) is 12.6 Å². The van der Waals surface area contributed by atoms with Gasteiger partial charge in [0, 0.05) is 32.1 Å². The lowest BCUT2D eigenvalue weighted by Gasteiger charge is -2.09. The zero-order valence-corrected chi connectivity index (χ0v) is 13.9. The molecular weight excluding hydrogens is 372 g/mol. The molecule has 1 aliphatic heterocycles. The van der Waals surface area contributed by atoms with Crippen LogP contribution in [-0.4, -0.2) is 23.5 Å². The van der Waals surface area contributed by atoms with E-state index in [1.807, 2.05) is 18.2 Å². The molecule has 5 nitrogen and oxygen atoms in total. The van der Waals surface area contributed by atoms with Gasteiger partial charge in [-0.1, -0.05) is 15.9 Å². The van der Waals surface area contributed by atoms with Crippen LogP contribution >= 0.6 is 15.9 Å². The Morgan fingerprint density at radius 1 is 1.04 bits per heavy atom. The summed E-state index contributed by atoms with van der Waals surface area (Å²) in [6.07, 6.45) is 1.48. The fraction of sp³-hybridized carbons (Fsp3) is 0.0556. The first kappa shape index (κ1) is 14.8. The molecule has 4 rings (SSSR count). The molecule has 0 bridgehead atoms. The molecule has 0 radical (unpaired) electrons. The van der Waals surface area contributed by atoms with E-state index >= 15 is 0 Å². The van der Waals surface area contributed by atoms with Gasteiger partial charge in [0.1, 0.15) is 0 Å². The summed E-state index contributed by atoms with van der Waals surface area (Å²) in [4.78, 5) is 38.1. The maximum atomic E-state index is 12.3. The Morgan fingerprint density at radius 2 is 1.79 bits per heavy atom. The highest BCUT2D eigenvalue weighted by Gasteiger charge is 2.24. The van der Waals surface area contributed by atoms with E-state index in [9.17, 15) is 14.4 Å². The number of amides is 1. The minimum absolute atomic E-state index is 0.161. The predicted molar refractivity (Wildman–Crippen MR) is 94.5 cm³/mol. The summed E-state index contributed by atoms with van der Waals surface area (Å²) < 4.78 is 0.923. The van der Waals surface area contributed by atoms with Gasteiger partial charge in [-0.2, -0.15) is 0 Å². The molecule has 2 N–H and O–H groups in total. The van der Waals surface area contributed by atoms with E-state index in [1.54, 1.807) is 12.1 Å². The Hall–Kier alpha value is -2.73. The van der Waals surface area contributed by atoms with Crippen LogP contribution in [0.25, 0.3) is 22.2 Å². The maximum Gasteiger partial charge on any atom is 0.228 e. The summed E-state index contributed by atoms with van der Waals surface area (Å²) in [5, 5.41) is 3.77. The fourth-order valence-electron chi connectivity index (χ4n) is 3.14. The van der Waals surface area contributed by atoms with E-state index < -0.39 is 0 Å². The molecule has 1 amide bonds. The Morgan fingerprint density at radius 3 is 2.54 bits per heavy atom. The minimum Gasteiger partial charge on any atom is -0.354 e. The quantitative estimate of drug-likeness (QED) is 0.662. The molecule has 2 heterocycles. The number of anilines is 1. The number of halogens is 1. The Labute approximate surface area is 145 Å². The van der Waals surface area contributed by atoms with E-state index in [4.69, 9.17) is 0 Å². The Balaban J connectivity index is 2.08. The third kappa shape index (κ3) is 2.18. The third-order valence-corrected chi connectivity index (χ3v) is 4.72. The number of aldehydes is 2. The smallest absolute Gasteiger partial charge is 0.228 e. The lowest BCUT2D eigenvalue weighted by Crippen LogP contribution is -2.13. The van der Waals surface area contributed by atoms with E-state index in [1.165, 1.54) is 0 Å². The number of benzene rings is 2. The van der Waals surface area contributed by atoms with Crippen molar-refractivity contribution < 1.29 is 14.4 Å². The van der Waals surface area contributed by atoms with Crippen molar-refractivity contribution in [2.45, 2.75) is 6.42 Å². The normalized spacial score (nSPS) is 13.0. The maximum absolute atomic E-state index is 12.3. The van der Waals surface area contributed by atoms with Gasteiger partial charge in [-0.3, -0.25) is 14.4 Å². The van der Waals surface area contributed by atoms with Crippen LogP contribution in [0.1, 0.15) is 26.3 Å². The van der Waals surface area contributed by atoms with Crippen molar-refractivity contribution in [3.8, 4) is 11.3 Å². The molecule has 1 aliphatic rings. The van der Waals surface area contributed by atoms with Crippen LogP contribution in [-0.2, 0) is 11.2 Å². The van der Waals surface area contributed by atoms with Crippen molar-refractivity contribution in [3.63, 3.8) is 0 Å². The first-order valence-electron chi connectivity index (χ1n) is 7.29. The predicted octanol–water partition coefficient (Wildman–Crippen LogP) is 3.72. The number of aromatic amines is 1. The summed E-state index contributed by atoms with van der Waals surface area (Å²) in [6.45, 7) is 0. The van der Waals surface area contributed by atoms with Gasteiger partial charge < -0.3 is 10.3 Å². The lowest BCUT2D eigenvalue weighted by molar-refractivity contribution is -0.115.